The highest BCUT2D eigenvalue weighted by atomic mass is 35.5. The van der Waals surface area contributed by atoms with Crippen molar-refractivity contribution in [1.29, 1.82) is 0 Å². The molecule has 19 heavy (non-hydrogen) atoms. The molecule has 1 aromatic carbocycles. The summed E-state index contributed by atoms with van der Waals surface area (Å²) in [5.74, 6) is 0.963. The Kier molecular flexibility index (Phi) is 5.25. The van der Waals surface area contributed by atoms with Crippen molar-refractivity contribution >= 4 is 22.9 Å². The van der Waals surface area contributed by atoms with Gasteiger partial charge in [-0.05, 0) is 42.1 Å². The Balaban J connectivity index is 2.18. The number of ether oxygens (including phenoxy) is 1. The molecule has 0 saturated carbocycles. The van der Waals surface area contributed by atoms with E-state index in [1.807, 2.05) is 18.2 Å². The molecule has 2 aromatic rings. The highest BCUT2D eigenvalue weighted by molar-refractivity contribution is 7.10. The molecule has 1 unspecified atom stereocenters. The first kappa shape index (κ1) is 14.4. The SMILES string of the molecule is CCNC(Cc1ccc(Cl)cc1)c1sccc1OC. The average Bonchev–Trinajstić information content (AvgIpc) is 2.89. The number of hydrogen-bond acceptors (Lipinski definition) is 3. The number of thiophene rings is 1. The monoisotopic (exact) mass is 295 g/mol. The van der Waals surface area contributed by atoms with Crippen LogP contribution < -0.4 is 10.1 Å². The molecule has 1 N–H and O–H groups in total. The maximum atomic E-state index is 5.92. The van der Waals surface area contributed by atoms with Gasteiger partial charge in [-0.25, -0.2) is 0 Å². The van der Waals surface area contributed by atoms with Gasteiger partial charge in [0.05, 0.1) is 12.0 Å². The Bertz CT molecular complexity index is 509. The Labute approximate surface area is 123 Å². The van der Waals surface area contributed by atoms with Gasteiger partial charge in [0, 0.05) is 11.1 Å². The van der Waals surface area contributed by atoms with E-state index < -0.39 is 0 Å². The maximum absolute atomic E-state index is 5.92. The second-order valence-electron chi connectivity index (χ2n) is 4.29. The standard InChI is InChI=1S/C15H18ClNOS/c1-3-17-13(15-14(18-2)8-9-19-15)10-11-4-6-12(16)7-5-11/h4-9,13,17H,3,10H2,1-2H3. The van der Waals surface area contributed by atoms with Crippen LogP contribution in [0.4, 0.5) is 0 Å². The fourth-order valence-electron chi connectivity index (χ4n) is 2.09. The second kappa shape index (κ2) is 6.94. The second-order valence-corrected chi connectivity index (χ2v) is 5.68. The van der Waals surface area contributed by atoms with E-state index in [9.17, 15) is 0 Å². The lowest BCUT2D eigenvalue weighted by Crippen LogP contribution is -2.22. The van der Waals surface area contributed by atoms with Crippen LogP contribution in [0.5, 0.6) is 5.75 Å². The molecular weight excluding hydrogens is 278 g/mol. The third-order valence-electron chi connectivity index (χ3n) is 3.00. The van der Waals surface area contributed by atoms with Gasteiger partial charge in [-0.3, -0.25) is 0 Å². The van der Waals surface area contributed by atoms with Gasteiger partial charge in [-0.1, -0.05) is 30.7 Å². The normalized spacial score (nSPS) is 12.4. The fraction of sp³-hybridized carbons (Fsp3) is 0.333. The lowest BCUT2D eigenvalue weighted by Gasteiger charge is -2.18. The van der Waals surface area contributed by atoms with Crippen molar-refractivity contribution in [2.75, 3.05) is 13.7 Å². The molecule has 1 atom stereocenters. The largest absolute Gasteiger partial charge is 0.496 e. The Morgan fingerprint density at radius 2 is 2.00 bits per heavy atom. The van der Waals surface area contributed by atoms with Crippen LogP contribution in [0.15, 0.2) is 35.7 Å². The van der Waals surface area contributed by atoms with E-state index in [1.165, 1.54) is 10.4 Å². The first-order valence-electron chi connectivity index (χ1n) is 6.33. The predicted octanol–water partition coefficient (Wildman–Crippen LogP) is 4.30. The first-order chi connectivity index (χ1) is 9.24. The van der Waals surface area contributed by atoms with E-state index in [4.69, 9.17) is 16.3 Å². The lowest BCUT2D eigenvalue weighted by atomic mass is 10.0. The zero-order chi connectivity index (χ0) is 13.7. The van der Waals surface area contributed by atoms with Crippen LogP contribution in [0.3, 0.4) is 0 Å². The molecule has 0 aliphatic rings. The number of nitrogens with one attached hydrogen (secondary N) is 1. The topological polar surface area (TPSA) is 21.3 Å². The van der Waals surface area contributed by atoms with Crippen molar-refractivity contribution in [2.45, 2.75) is 19.4 Å². The molecule has 0 aliphatic carbocycles. The van der Waals surface area contributed by atoms with E-state index in [0.29, 0.717) is 0 Å². The van der Waals surface area contributed by atoms with Crippen LogP contribution in [0.1, 0.15) is 23.4 Å². The van der Waals surface area contributed by atoms with Crippen LogP contribution in [0.2, 0.25) is 5.02 Å². The summed E-state index contributed by atoms with van der Waals surface area (Å²) in [6, 6.07) is 10.3. The molecule has 102 valence electrons. The molecule has 1 heterocycles. The summed E-state index contributed by atoms with van der Waals surface area (Å²) in [4.78, 5) is 1.25. The fourth-order valence-corrected chi connectivity index (χ4v) is 3.15. The Hall–Kier alpha value is -1.03. The summed E-state index contributed by atoms with van der Waals surface area (Å²) in [6.45, 7) is 3.05. The van der Waals surface area contributed by atoms with Gasteiger partial charge in [0.15, 0.2) is 0 Å². The van der Waals surface area contributed by atoms with Gasteiger partial charge < -0.3 is 10.1 Å². The van der Waals surface area contributed by atoms with Gasteiger partial charge in [0.25, 0.3) is 0 Å². The van der Waals surface area contributed by atoms with Gasteiger partial charge in [-0.2, -0.15) is 0 Å². The summed E-state index contributed by atoms with van der Waals surface area (Å²) in [5.41, 5.74) is 1.27. The van der Waals surface area contributed by atoms with Crippen LogP contribution in [0.25, 0.3) is 0 Å². The minimum Gasteiger partial charge on any atom is -0.496 e. The minimum absolute atomic E-state index is 0.279. The van der Waals surface area contributed by atoms with Gasteiger partial charge in [0.1, 0.15) is 5.75 Å². The molecule has 2 rings (SSSR count). The zero-order valence-corrected chi connectivity index (χ0v) is 12.7. The molecule has 0 aliphatic heterocycles. The predicted molar refractivity (Wildman–Crippen MR) is 82.4 cm³/mol. The van der Waals surface area contributed by atoms with Crippen molar-refractivity contribution in [3.8, 4) is 5.75 Å². The maximum Gasteiger partial charge on any atom is 0.134 e. The first-order valence-corrected chi connectivity index (χ1v) is 7.59. The molecule has 0 fully saturated rings. The van der Waals surface area contributed by atoms with Crippen LogP contribution >= 0.6 is 22.9 Å². The molecule has 0 bridgehead atoms. The van der Waals surface area contributed by atoms with Crippen LogP contribution in [-0.2, 0) is 6.42 Å². The number of likely N-dealkylation sites (N-methyl/N-ethyl adjacent to an activating group) is 1. The number of hydrogen-bond donors (Lipinski definition) is 1. The molecule has 0 saturated heterocycles. The molecule has 0 radical (unpaired) electrons. The molecule has 4 heteroatoms. The van der Waals surface area contributed by atoms with Crippen molar-refractivity contribution in [3.63, 3.8) is 0 Å². The van der Waals surface area contributed by atoms with Crippen molar-refractivity contribution in [3.05, 3.63) is 51.2 Å². The van der Waals surface area contributed by atoms with Crippen LogP contribution in [-0.4, -0.2) is 13.7 Å². The summed E-state index contributed by atoms with van der Waals surface area (Å²) in [6.07, 6.45) is 0.932. The van der Waals surface area contributed by atoms with Gasteiger partial charge in [0.2, 0.25) is 0 Å². The van der Waals surface area contributed by atoms with Crippen molar-refractivity contribution in [2.24, 2.45) is 0 Å². The quantitative estimate of drug-likeness (QED) is 0.858. The third-order valence-corrected chi connectivity index (χ3v) is 4.26. The number of benzene rings is 1. The summed E-state index contributed by atoms with van der Waals surface area (Å²) < 4.78 is 5.42. The van der Waals surface area contributed by atoms with Crippen molar-refractivity contribution in [1.82, 2.24) is 5.32 Å². The minimum atomic E-state index is 0.279. The Morgan fingerprint density at radius 3 is 2.63 bits per heavy atom. The van der Waals surface area contributed by atoms with Crippen molar-refractivity contribution < 1.29 is 4.74 Å². The molecule has 2 nitrogen and oxygen atoms in total. The van der Waals surface area contributed by atoms with E-state index >= 15 is 0 Å². The highest BCUT2D eigenvalue weighted by Gasteiger charge is 2.17. The molecule has 0 spiro atoms. The van der Waals surface area contributed by atoms with E-state index in [0.717, 1.165) is 23.7 Å². The number of methoxy groups -OCH3 is 1. The highest BCUT2D eigenvalue weighted by Crippen LogP contribution is 2.32. The summed E-state index contributed by atoms with van der Waals surface area (Å²) in [5, 5.41) is 6.37. The van der Waals surface area contributed by atoms with E-state index in [-0.39, 0.29) is 6.04 Å². The lowest BCUT2D eigenvalue weighted by molar-refractivity contribution is 0.403. The molecular formula is C15H18ClNOS. The van der Waals surface area contributed by atoms with E-state index in [2.05, 4.69) is 29.8 Å². The summed E-state index contributed by atoms with van der Waals surface area (Å²) >= 11 is 7.65. The zero-order valence-electron chi connectivity index (χ0n) is 11.2. The molecule has 1 aromatic heterocycles. The summed E-state index contributed by atoms with van der Waals surface area (Å²) in [7, 11) is 1.72. The molecule has 0 amide bonds. The van der Waals surface area contributed by atoms with Gasteiger partial charge >= 0.3 is 0 Å². The number of halogens is 1. The Morgan fingerprint density at radius 1 is 1.26 bits per heavy atom. The number of rotatable bonds is 6. The van der Waals surface area contributed by atoms with Crippen LogP contribution in [0, 0.1) is 0 Å². The van der Waals surface area contributed by atoms with E-state index in [1.54, 1.807) is 18.4 Å². The average molecular weight is 296 g/mol. The third kappa shape index (κ3) is 3.72. The smallest absolute Gasteiger partial charge is 0.134 e. The van der Waals surface area contributed by atoms with Gasteiger partial charge in [-0.15, -0.1) is 11.3 Å².